The van der Waals surface area contributed by atoms with Crippen molar-refractivity contribution in [1.82, 2.24) is 15.0 Å². The number of nitrogens with one attached hydrogen (secondary N) is 2. The van der Waals surface area contributed by atoms with Crippen LogP contribution in [-0.4, -0.2) is 26.7 Å². The molecule has 27 heavy (non-hydrogen) atoms. The Morgan fingerprint density at radius 3 is 2.81 bits per heavy atom. The van der Waals surface area contributed by atoms with E-state index in [1.807, 2.05) is 6.07 Å². The summed E-state index contributed by atoms with van der Waals surface area (Å²) in [5.74, 6) is 0.0610. The molecule has 4 aromatic rings. The number of rotatable bonds is 4. The van der Waals surface area contributed by atoms with Crippen molar-refractivity contribution in [2.75, 3.05) is 0 Å². The fourth-order valence-electron chi connectivity index (χ4n) is 3.24. The Kier molecular flexibility index (Phi) is 4.01. The number of H-pyrrole nitrogens is 2. The highest BCUT2D eigenvalue weighted by Gasteiger charge is 2.25. The first-order valence-electron chi connectivity index (χ1n) is 8.11. The standard InChI is InChI=1S/C19H14F2N4O2/c1-9-6-14(27-19(20)21)15(11-4-5-23-16(9)11)17(26)18-24-12-3-2-10(8-22)7-13(12)25-18/h2-7,17,19,23,26H,1H3,(H,24,25). The molecule has 0 spiro atoms. The Hall–Kier alpha value is -3.44. The Morgan fingerprint density at radius 1 is 1.26 bits per heavy atom. The second kappa shape index (κ2) is 6.37. The van der Waals surface area contributed by atoms with Crippen LogP contribution in [0.4, 0.5) is 8.78 Å². The third-order valence-electron chi connectivity index (χ3n) is 4.42. The van der Waals surface area contributed by atoms with Gasteiger partial charge in [-0.3, -0.25) is 0 Å². The smallest absolute Gasteiger partial charge is 0.387 e. The number of aromatic amines is 2. The van der Waals surface area contributed by atoms with Gasteiger partial charge in [-0.2, -0.15) is 14.0 Å². The summed E-state index contributed by atoms with van der Waals surface area (Å²) in [6.07, 6.45) is 0.341. The highest BCUT2D eigenvalue weighted by Crippen LogP contribution is 2.38. The van der Waals surface area contributed by atoms with Crippen molar-refractivity contribution in [3.8, 4) is 11.8 Å². The molecule has 0 bridgehead atoms. The third kappa shape index (κ3) is 2.88. The summed E-state index contributed by atoms with van der Waals surface area (Å²) >= 11 is 0. The first-order chi connectivity index (χ1) is 13.0. The molecule has 0 saturated heterocycles. The van der Waals surface area contributed by atoms with Crippen molar-refractivity contribution >= 4 is 21.9 Å². The summed E-state index contributed by atoms with van der Waals surface area (Å²) in [7, 11) is 0. The minimum Gasteiger partial charge on any atom is -0.434 e. The largest absolute Gasteiger partial charge is 0.434 e. The van der Waals surface area contributed by atoms with E-state index in [1.165, 1.54) is 6.07 Å². The van der Waals surface area contributed by atoms with Crippen molar-refractivity contribution < 1.29 is 18.6 Å². The lowest BCUT2D eigenvalue weighted by Gasteiger charge is -2.17. The lowest BCUT2D eigenvalue weighted by Crippen LogP contribution is -2.10. The zero-order valence-corrected chi connectivity index (χ0v) is 14.1. The van der Waals surface area contributed by atoms with Gasteiger partial charge in [0.2, 0.25) is 0 Å². The van der Waals surface area contributed by atoms with E-state index in [4.69, 9.17) is 5.26 Å². The summed E-state index contributed by atoms with van der Waals surface area (Å²) < 4.78 is 30.5. The van der Waals surface area contributed by atoms with Gasteiger partial charge in [-0.25, -0.2) is 4.98 Å². The Labute approximate surface area is 152 Å². The van der Waals surface area contributed by atoms with Crippen LogP contribution in [0.15, 0.2) is 36.5 Å². The molecule has 0 fully saturated rings. The van der Waals surface area contributed by atoms with Gasteiger partial charge in [0.25, 0.3) is 0 Å². The predicted octanol–water partition coefficient (Wildman–Crippen LogP) is 3.91. The molecule has 0 aliphatic heterocycles. The highest BCUT2D eigenvalue weighted by molar-refractivity contribution is 5.89. The maximum Gasteiger partial charge on any atom is 0.387 e. The number of halogens is 2. The van der Waals surface area contributed by atoms with E-state index in [-0.39, 0.29) is 17.1 Å². The van der Waals surface area contributed by atoms with Crippen molar-refractivity contribution in [2.24, 2.45) is 0 Å². The van der Waals surface area contributed by atoms with Crippen LogP contribution in [0, 0.1) is 18.3 Å². The van der Waals surface area contributed by atoms with Crippen molar-refractivity contribution in [3.05, 3.63) is 59.0 Å². The first kappa shape index (κ1) is 17.0. The van der Waals surface area contributed by atoms with Crippen LogP contribution in [0.25, 0.3) is 21.9 Å². The molecular formula is C19H14F2N4O2. The summed E-state index contributed by atoms with van der Waals surface area (Å²) in [4.78, 5) is 10.3. The van der Waals surface area contributed by atoms with Gasteiger partial charge in [0.15, 0.2) is 0 Å². The number of aryl methyl sites for hydroxylation is 1. The minimum absolute atomic E-state index is 0.111. The van der Waals surface area contributed by atoms with Gasteiger partial charge in [0, 0.05) is 22.7 Å². The lowest BCUT2D eigenvalue weighted by molar-refractivity contribution is -0.0512. The number of aromatic nitrogens is 3. The molecule has 2 aromatic heterocycles. The highest BCUT2D eigenvalue weighted by atomic mass is 19.3. The quantitative estimate of drug-likeness (QED) is 0.509. The monoisotopic (exact) mass is 368 g/mol. The molecule has 8 heteroatoms. The normalized spacial score (nSPS) is 12.6. The van der Waals surface area contributed by atoms with Gasteiger partial charge >= 0.3 is 6.61 Å². The molecule has 3 N–H and O–H groups in total. The van der Waals surface area contributed by atoms with Crippen molar-refractivity contribution in [2.45, 2.75) is 19.6 Å². The second-order valence-corrected chi connectivity index (χ2v) is 6.12. The number of imidazole rings is 1. The van der Waals surface area contributed by atoms with E-state index in [9.17, 15) is 13.9 Å². The Balaban J connectivity index is 1.89. The van der Waals surface area contributed by atoms with Gasteiger partial charge in [0.05, 0.1) is 22.7 Å². The molecule has 1 atom stereocenters. The number of aliphatic hydroxyl groups excluding tert-OH is 1. The number of ether oxygens (including phenoxy) is 1. The molecule has 6 nitrogen and oxygen atoms in total. The third-order valence-corrected chi connectivity index (χ3v) is 4.42. The van der Waals surface area contributed by atoms with Crippen LogP contribution < -0.4 is 4.74 Å². The molecule has 4 rings (SSSR count). The zero-order valence-electron chi connectivity index (χ0n) is 14.1. The maximum atomic E-state index is 12.9. The van der Waals surface area contributed by atoms with Gasteiger partial charge in [-0.1, -0.05) is 0 Å². The number of nitrogens with zero attached hydrogens (tertiary/aromatic N) is 2. The van der Waals surface area contributed by atoms with Gasteiger partial charge in [-0.05, 0) is 42.8 Å². The average molecular weight is 368 g/mol. The van der Waals surface area contributed by atoms with E-state index < -0.39 is 12.7 Å². The Bertz CT molecular complexity index is 1190. The second-order valence-electron chi connectivity index (χ2n) is 6.12. The number of hydrogen-bond acceptors (Lipinski definition) is 4. The van der Waals surface area contributed by atoms with Crippen LogP contribution in [0.5, 0.6) is 5.75 Å². The number of alkyl halides is 2. The van der Waals surface area contributed by atoms with Gasteiger partial charge in [-0.15, -0.1) is 0 Å². The number of aliphatic hydroxyl groups is 1. The molecule has 0 radical (unpaired) electrons. The molecule has 2 heterocycles. The van der Waals surface area contributed by atoms with E-state index in [0.717, 1.165) is 0 Å². The van der Waals surface area contributed by atoms with Crippen LogP contribution in [0.3, 0.4) is 0 Å². The fourth-order valence-corrected chi connectivity index (χ4v) is 3.24. The minimum atomic E-state index is -3.03. The zero-order chi connectivity index (χ0) is 19.1. The number of hydrogen-bond donors (Lipinski definition) is 3. The topological polar surface area (TPSA) is 97.7 Å². The van der Waals surface area contributed by atoms with Crippen molar-refractivity contribution in [1.29, 1.82) is 5.26 Å². The molecule has 2 aromatic carbocycles. The van der Waals surface area contributed by atoms with Crippen LogP contribution in [-0.2, 0) is 0 Å². The van der Waals surface area contributed by atoms with E-state index >= 15 is 0 Å². The maximum absolute atomic E-state index is 12.9. The molecule has 1 unspecified atom stereocenters. The van der Waals surface area contributed by atoms with Crippen LogP contribution >= 0.6 is 0 Å². The number of nitriles is 1. The lowest BCUT2D eigenvalue weighted by atomic mass is 10.00. The van der Waals surface area contributed by atoms with Crippen molar-refractivity contribution in [3.63, 3.8) is 0 Å². The summed E-state index contributed by atoms with van der Waals surface area (Å²) in [6, 6.07) is 10.0. The molecule has 0 saturated carbocycles. The fraction of sp³-hybridized carbons (Fsp3) is 0.158. The SMILES string of the molecule is Cc1cc(OC(F)F)c(C(O)c2nc3ccc(C#N)cc3[nH]2)c2cc[nH]c12. The van der Waals surface area contributed by atoms with E-state index in [0.29, 0.717) is 33.1 Å². The molecule has 136 valence electrons. The van der Waals surface area contributed by atoms with E-state index in [1.54, 1.807) is 37.4 Å². The number of benzene rings is 2. The number of fused-ring (bicyclic) bond motifs is 2. The molecule has 0 aliphatic rings. The van der Waals surface area contributed by atoms with Gasteiger partial charge in [0.1, 0.15) is 17.7 Å². The first-order valence-corrected chi connectivity index (χ1v) is 8.11. The summed E-state index contributed by atoms with van der Waals surface area (Å²) in [5, 5.41) is 20.5. The van der Waals surface area contributed by atoms with E-state index in [2.05, 4.69) is 19.7 Å². The summed E-state index contributed by atoms with van der Waals surface area (Å²) in [6.45, 7) is -1.27. The van der Waals surface area contributed by atoms with Crippen LogP contribution in [0.1, 0.15) is 28.6 Å². The molecule has 0 aliphatic carbocycles. The average Bonchev–Trinajstić information content (AvgIpc) is 3.27. The van der Waals surface area contributed by atoms with Crippen LogP contribution in [0.2, 0.25) is 0 Å². The summed E-state index contributed by atoms with van der Waals surface area (Å²) in [5.41, 5.74) is 3.18. The predicted molar refractivity (Wildman–Crippen MR) is 94.5 cm³/mol. The molecule has 0 amide bonds. The molecular weight excluding hydrogens is 354 g/mol. The Morgan fingerprint density at radius 2 is 2.07 bits per heavy atom. The van der Waals surface area contributed by atoms with Gasteiger partial charge < -0.3 is 19.8 Å².